The van der Waals surface area contributed by atoms with Crippen LogP contribution in [-0.4, -0.2) is 51.2 Å². The number of hydrogen-bond donors (Lipinski definition) is 3. The summed E-state index contributed by atoms with van der Waals surface area (Å²) in [6.45, 7) is 3.03. The molecule has 2 aliphatic rings. The minimum absolute atomic E-state index is 0.0443. The smallest absolute Gasteiger partial charge is 0.321 e. The number of hydrogen-bond acceptors (Lipinski definition) is 4. The lowest BCUT2D eigenvalue weighted by Gasteiger charge is -2.27. The van der Waals surface area contributed by atoms with Gasteiger partial charge in [0, 0.05) is 36.8 Å². The molecule has 2 unspecified atom stereocenters. The van der Waals surface area contributed by atoms with Crippen LogP contribution >= 0.6 is 0 Å². The van der Waals surface area contributed by atoms with Gasteiger partial charge in [0.05, 0.1) is 5.92 Å². The van der Waals surface area contributed by atoms with E-state index in [9.17, 15) is 9.59 Å². The number of urea groups is 1. The van der Waals surface area contributed by atoms with E-state index in [1.54, 1.807) is 4.90 Å². The molecule has 142 valence electrons. The van der Waals surface area contributed by atoms with Crippen LogP contribution in [0, 0.1) is 5.92 Å². The summed E-state index contributed by atoms with van der Waals surface area (Å²) in [6, 6.07) is 7.36. The molecule has 3 N–H and O–H groups in total. The molecular weight excluding hydrogens is 344 g/mol. The van der Waals surface area contributed by atoms with Gasteiger partial charge in [-0.25, -0.2) is 9.78 Å². The lowest BCUT2D eigenvalue weighted by Crippen LogP contribution is -2.43. The molecular formula is C19H24N6O2. The molecule has 1 aromatic carbocycles. The van der Waals surface area contributed by atoms with Crippen molar-refractivity contribution in [3.8, 4) is 11.4 Å². The van der Waals surface area contributed by atoms with Gasteiger partial charge in [-0.2, -0.15) is 5.10 Å². The van der Waals surface area contributed by atoms with Gasteiger partial charge in [-0.15, -0.1) is 0 Å². The maximum atomic E-state index is 12.8. The number of carbonyl (C=O) groups is 2. The summed E-state index contributed by atoms with van der Waals surface area (Å²) in [4.78, 5) is 31.1. The molecule has 1 aromatic heterocycles. The maximum Gasteiger partial charge on any atom is 0.321 e. The van der Waals surface area contributed by atoms with Crippen molar-refractivity contribution in [2.75, 3.05) is 18.4 Å². The van der Waals surface area contributed by atoms with Crippen LogP contribution in [0.3, 0.4) is 0 Å². The highest BCUT2D eigenvalue weighted by atomic mass is 16.2. The highest BCUT2D eigenvalue weighted by molar-refractivity contribution is 5.91. The first-order chi connectivity index (χ1) is 13.1. The molecule has 27 heavy (non-hydrogen) atoms. The number of carbonyl (C=O) groups excluding carboxylic acids is 2. The van der Waals surface area contributed by atoms with Gasteiger partial charge < -0.3 is 15.5 Å². The van der Waals surface area contributed by atoms with E-state index in [0.717, 1.165) is 37.1 Å². The number of anilines is 1. The summed E-state index contributed by atoms with van der Waals surface area (Å²) in [6.07, 6.45) is 3.58. The second-order valence-corrected chi connectivity index (χ2v) is 7.21. The quantitative estimate of drug-likeness (QED) is 0.772. The zero-order valence-electron chi connectivity index (χ0n) is 15.4. The van der Waals surface area contributed by atoms with Crippen LogP contribution in [0.25, 0.3) is 11.4 Å². The van der Waals surface area contributed by atoms with Gasteiger partial charge >= 0.3 is 6.03 Å². The molecule has 3 heterocycles. The van der Waals surface area contributed by atoms with Crippen LogP contribution in [0.5, 0.6) is 0 Å². The van der Waals surface area contributed by atoms with Gasteiger partial charge in [0.1, 0.15) is 5.82 Å². The van der Waals surface area contributed by atoms with Gasteiger partial charge in [0.25, 0.3) is 0 Å². The van der Waals surface area contributed by atoms with E-state index in [0.29, 0.717) is 24.6 Å². The molecule has 2 saturated heterocycles. The number of fused-ring (bicyclic) bond motifs is 3. The minimum atomic E-state index is -0.176. The van der Waals surface area contributed by atoms with Crippen LogP contribution < -0.4 is 10.6 Å². The Morgan fingerprint density at radius 1 is 1.33 bits per heavy atom. The van der Waals surface area contributed by atoms with E-state index in [1.807, 2.05) is 31.2 Å². The molecule has 8 nitrogen and oxygen atoms in total. The number of aromatic amines is 1. The van der Waals surface area contributed by atoms with Gasteiger partial charge in [-0.05, 0) is 25.0 Å². The summed E-state index contributed by atoms with van der Waals surface area (Å²) in [5.41, 5.74) is 1.53. The summed E-state index contributed by atoms with van der Waals surface area (Å²) in [7, 11) is 0. The van der Waals surface area contributed by atoms with Crippen molar-refractivity contribution in [2.24, 2.45) is 5.92 Å². The van der Waals surface area contributed by atoms with Crippen molar-refractivity contribution in [3.63, 3.8) is 0 Å². The van der Waals surface area contributed by atoms with Gasteiger partial charge in [0.2, 0.25) is 5.91 Å². The van der Waals surface area contributed by atoms with Crippen LogP contribution in [0.2, 0.25) is 0 Å². The topological polar surface area (TPSA) is 103 Å². The van der Waals surface area contributed by atoms with Crippen LogP contribution in [0.4, 0.5) is 10.5 Å². The van der Waals surface area contributed by atoms with Crippen LogP contribution in [0.1, 0.15) is 32.0 Å². The number of rotatable bonds is 3. The van der Waals surface area contributed by atoms with Crippen molar-refractivity contribution in [1.29, 1.82) is 0 Å². The third kappa shape index (κ3) is 3.79. The van der Waals surface area contributed by atoms with Gasteiger partial charge in [-0.3, -0.25) is 9.89 Å². The lowest BCUT2D eigenvalue weighted by molar-refractivity contribution is -0.124. The molecule has 2 aliphatic heterocycles. The zero-order valence-corrected chi connectivity index (χ0v) is 15.4. The zero-order chi connectivity index (χ0) is 18.8. The number of likely N-dealkylation sites (tertiary alicyclic amines) is 1. The normalized spacial score (nSPS) is 22.1. The highest BCUT2D eigenvalue weighted by Crippen LogP contribution is 2.23. The van der Waals surface area contributed by atoms with Gasteiger partial charge in [0.15, 0.2) is 5.82 Å². The molecule has 2 fully saturated rings. The molecule has 0 saturated carbocycles. The minimum Gasteiger partial charge on any atom is -0.351 e. The molecule has 0 radical (unpaired) electrons. The summed E-state index contributed by atoms with van der Waals surface area (Å²) in [5.74, 6) is 1.40. The van der Waals surface area contributed by atoms with Crippen molar-refractivity contribution < 1.29 is 9.59 Å². The Morgan fingerprint density at radius 3 is 3.04 bits per heavy atom. The van der Waals surface area contributed by atoms with Crippen molar-refractivity contribution in [1.82, 2.24) is 25.4 Å². The van der Waals surface area contributed by atoms with E-state index >= 15 is 0 Å². The van der Waals surface area contributed by atoms with Crippen molar-refractivity contribution in [2.45, 2.75) is 38.6 Å². The molecule has 2 bridgehead atoms. The monoisotopic (exact) mass is 368 g/mol. The number of aromatic nitrogens is 3. The SMILES string of the molecule is CCc1nc(-c2cccc(NC(=O)N3CC4CCCC(C3)C(=O)N4)c2)n[nH]1. The van der Waals surface area contributed by atoms with Crippen LogP contribution in [-0.2, 0) is 11.2 Å². The fourth-order valence-electron chi connectivity index (χ4n) is 3.74. The first kappa shape index (κ1) is 17.5. The number of benzene rings is 1. The average Bonchev–Trinajstić information content (AvgIpc) is 2.99. The molecule has 8 heteroatoms. The molecule has 2 aromatic rings. The van der Waals surface area contributed by atoms with Crippen molar-refractivity contribution in [3.05, 3.63) is 30.1 Å². The number of H-pyrrole nitrogens is 1. The Balaban J connectivity index is 1.48. The third-order valence-corrected chi connectivity index (χ3v) is 5.23. The molecule has 0 aliphatic carbocycles. The Bertz CT molecular complexity index is 848. The summed E-state index contributed by atoms with van der Waals surface area (Å²) < 4.78 is 0. The number of aryl methyl sites for hydroxylation is 1. The Morgan fingerprint density at radius 2 is 2.22 bits per heavy atom. The first-order valence-corrected chi connectivity index (χ1v) is 9.50. The van der Waals surface area contributed by atoms with Gasteiger partial charge in [-0.1, -0.05) is 25.5 Å². The lowest BCUT2D eigenvalue weighted by atomic mass is 9.99. The number of amides is 3. The number of nitrogens with one attached hydrogen (secondary N) is 3. The first-order valence-electron chi connectivity index (χ1n) is 9.50. The second-order valence-electron chi connectivity index (χ2n) is 7.21. The number of nitrogens with zero attached hydrogens (tertiary/aromatic N) is 3. The van der Waals surface area contributed by atoms with E-state index in [1.165, 1.54) is 0 Å². The Hall–Kier alpha value is -2.90. The van der Waals surface area contributed by atoms with Crippen LogP contribution in [0.15, 0.2) is 24.3 Å². The van der Waals surface area contributed by atoms with Crippen molar-refractivity contribution >= 4 is 17.6 Å². The molecule has 0 spiro atoms. The third-order valence-electron chi connectivity index (χ3n) is 5.23. The predicted molar refractivity (Wildman–Crippen MR) is 101 cm³/mol. The largest absolute Gasteiger partial charge is 0.351 e. The standard InChI is InChI=1S/C19H24N6O2/c1-2-16-22-17(24-23-16)12-5-3-7-14(9-12)21-19(27)25-10-13-6-4-8-15(11-25)20-18(13)26/h3,5,7,9,13,15H,2,4,6,8,10-11H2,1H3,(H,20,26)(H,21,27)(H,22,23,24). The Labute approximate surface area is 157 Å². The fourth-order valence-corrected chi connectivity index (χ4v) is 3.74. The Kier molecular flexibility index (Phi) is 4.79. The average molecular weight is 368 g/mol. The van der Waals surface area contributed by atoms with E-state index in [4.69, 9.17) is 0 Å². The fraction of sp³-hybridized carbons (Fsp3) is 0.474. The summed E-state index contributed by atoms with van der Waals surface area (Å²) in [5, 5.41) is 13.1. The predicted octanol–water partition coefficient (Wildman–Crippen LogP) is 2.17. The maximum absolute atomic E-state index is 12.8. The molecule has 4 rings (SSSR count). The molecule has 3 amide bonds. The second kappa shape index (κ2) is 7.38. The molecule has 2 atom stereocenters. The highest BCUT2D eigenvalue weighted by Gasteiger charge is 2.34. The van der Waals surface area contributed by atoms with E-state index < -0.39 is 0 Å². The van der Waals surface area contributed by atoms with E-state index in [2.05, 4.69) is 25.8 Å². The van der Waals surface area contributed by atoms with E-state index in [-0.39, 0.29) is 23.9 Å². The summed E-state index contributed by atoms with van der Waals surface area (Å²) >= 11 is 0.